The number of benzene rings is 2. The molecule has 0 aliphatic rings. The van der Waals surface area contributed by atoms with Gasteiger partial charge in [-0.3, -0.25) is 14.4 Å². The van der Waals surface area contributed by atoms with Gasteiger partial charge in [0, 0.05) is 23.4 Å². The van der Waals surface area contributed by atoms with Crippen LogP contribution in [0.3, 0.4) is 0 Å². The fourth-order valence-corrected chi connectivity index (χ4v) is 2.70. The molecule has 148 valence electrons. The van der Waals surface area contributed by atoms with Crippen molar-refractivity contribution in [3.63, 3.8) is 0 Å². The third-order valence-corrected chi connectivity index (χ3v) is 4.11. The number of nitrogens with zero attached hydrogens (tertiary/aromatic N) is 1. The third-order valence-electron chi connectivity index (χ3n) is 4.11. The van der Waals surface area contributed by atoms with Gasteiger partial charge < -0.3 is 9.88 Å². The number of para-hydroxylation sites is 1. The van der Waals surface area contributed by atoms with Gasteiger partial charge in [-0.25, -0.2) is 0 Å². The first-order valence-electron chi connectivity index (χ1n) is 8.52. The Balaban J connectivity index is 1.83. The van der Waals surface area contributed by atoms with E-state index in [2.05, 4.69) is 5.32 Å². The molecule has 1 N–H and O–H groups in total. The van der Waals surface area contributed by atoms with Crippen LogP contribution in [0.1, 0.15) is 21.5 Å². The number of halogens is 3. The van der Waals surface area contributed by atoms with E-state index in [9.17, 15) is 27.6 Å². The summed E-state index contributed by atoms with van der Waals surface area (Å²) < 4.78 is 39.2. The van der Waals surface area contributed by atoms with Gasteiger partial charge in [-0.05, 0) is 18.2 Å². The van der Waals surface area contributed by atoms with E-state index in [1.54, 1.807) is 42.5 Å². The van der Waals surface area contributed by atoms with Crippen LogP contribution in [-0.4, -0.2) is 16.3 Å². The summed E-state index contributed by atoms with van der Waals surface area (Å²) in [6.45, 7) is -0.628. The molecule has 0 spiro atoms. The largest absolute Gasteiger partial charge is 0.417 e. The minimum atomic E-state index is -4.64. The van der Waals surface area contributed by atoms with E-state index in [-0.39, 0.29) is 17.0 Å². The van der Waals surface area contributed by atoms with Crippen LogP contribution in [0.5, 0.6) is 0 Å². The zero-order valence-electron chi connectivity index (χ0n) is 14.9. The molecule has 0 saturated heterocycles. The van der Waals surface area contributed by atoms with Gasteiger partial charge in [0.25, 0.3) is 5.56 Å². The highest BCUT2D eigenvalue weighted by molar-refractivity contribution is 6.13. The molecule has 1 aromatic heterocycles. The number of carbonyl (C=O) groups excluding carboxylic acids is 2. The highest BCUT2D eigenvalue weighted by Gasteiger charge is 2.31. The summed E-state index contributed by atoms with van der Waals surface area (Å²) in [4.78, 5) is 36.8. The Morgan fingerprint density at radius 1 is 0.897 bits per heavy atom. The van der Waals surface area contributed by atoms with Crippen LogP contribution in [0, 0.1) is 0 Å². The summed E-state index contributed by atoms with van der Waals surface area (Å²) in [7, 11) is 0. The van der Waals surface area contributed by atoms with E-state index >= 15 is 0 Å². The molecule has 2 aromatic carbocycles. The van der Waals surface area contributed by atoms with Crippen LogP contribution in [0.4, 0.5) is 18.9 Å². The van der Waals surface area contributed by atoms with Crippen molar-refractivity contribution < 1.29 is 22.8 Å². The van der Waals surface area contributed by atoms with Gasteiger partial charge in [0.05, 0.1) is 11.3 Å². The minimum absolute atomic E-state index is 0.200. The molecular formula is C21H15F3N2O3. The van der Waals surface area contributed by atoms with Crippen LogP contribution in [0.15, 0.2) is 77.7 Å². The molecule has 0 fully saturated rings. The Hall–Kier alpha value is -3.68. The van der Waals surface area contributed by atoms with Gasteiger partial charge in [-0.2, -0.15) is 13.2 Å². The second-order valence-corrected chi connectivity index (χ2v) is 6.17. The van der Waals surface area contributed by atoms with Crippen molar-refractivity contribution in [2.75, 3.05) is 5.32 Å². The number of rotatable bonds is 5. The maximum Gasteiger partial charge on any atom is 0.417 e. The third kappa shape index (κ3) is 4.78. The molecule has 29 heavy (non-hydrogen) atoms. The van der Waals surface area contributed by atoms with Crippen LogP contribution in [-0.2, 0) is 17.5 Å². The molecule has 0 saturated carbocycles. The standard InChI is InChI=1S/C21H15F3N2O3/c22-21(23,24)15-10-11-19(28)26(12-15)13-18(27)25-17-9-5-4-8-16(17)20(29)14-6-2-1-3-7-14/h1-12H,13H2,(H,25,27). The minimum Gasteiger partial charge on any atom is -0.324 e. The fraction of sp³-hybridized carbons (Fsp3) is 0.0952. The van der Waals surface area contributed by atoms with Gasteiger partial charge in [0.2, 0.25) is 5.91 Å². The summed E-state index contributed by atoms with van der Waals surface area (Å²) in [5, 5.41) is 2.49. The predicted octanol–water partition coefficient (Wildman–Crippen LogP) is 3.74. The first kappa shape index (κ1) is 20.1. The summed E-state index contributed by atoms with van der Waals surface area (Å²) in [5.74, 6) is -1.06. The number of pyridine rings is 1. The van der Waals surface area contributed by atoms with E-state index in [1.165, 1.54) is 12.1 Å². The molecule has 8 heteroatoms. The van der Waals surface area contributed by atoms with Gasteiger partial charge in [0.1, 0.15) is 6.54 Å². The maximum atomic E-state index is 12.8. The number of hydrogen-bond donors (Lipinski definition) is 1. The maximum absolute atomic E-state index is 12.8. The lowest BCUT2D eigenvalue weighted by Gasteiger charge is -2.13. The van der Waals surface area contributed by atoms with Gasteiger partial charge >= 0.3 is 6.18 Å². The summed E-state index contributed by atoms with van der Waals surface area (Å²) >= 11 is 0. The van der Waals surface area contributed by atoms with Crippen molar-refractivity contribution in [3.05, 3.63) is 100.0 Å². The highest BCUT2D eigenvalue weighted by Crippen LogP contribution is 2.28. The SMILES string of the molecule is O=C(Cn1cc(C(F)(F)F)ccc1=O)Nc1ccccc1C(=O)c1ccccc1. The topological polar surface area (TPSA) is 68.2 Å². The van der Waals surface area contributed by atoms with E-state index in [4.69, 9.17) is 0 Å². The molecule has 0 bridgehead atoms. The van der Waals surface area contributed by atoms with Crippen molar-refractivity contribution >= 4 is 17.4 Å². The smallest absolute Gasteiger partial charge is 0.324 e. The van der Waals surface area contributed by atoms with Crippen molar-refractivity contribution in [1.29, 1.82) is 0 Å². The van der Waals surface area contributed by atoms with Crippen molar-refractivity contribution in [2.45, 2.75) is 12.7 Å². The number of aromatic nitrogens is 1. The number of carbonyl (C=O) groups is 2. The van der Waals surface area contributed by atoms with Gasteiger partial charge in [-0.1, -0.05) is 42.5 Å². The lowest BCUT2D eigenvalue weighted by atomic mass is 10.0. The molecule has 1 heterocycles. The molecule has 0 radical (unpaired) electrons. The average Bonchev–Trinajstić information content (AvgIpc) is 2.69. The average molecular weight is 400 g/mol. The molecule has 0 unspecified atom stereocenters. The monoisotopic (exact) mass is 400 g/mol. The number of amides is 1. The van der Waals surface area contributed by atoms with Crippen LogP contribution in [0.25, 0.3) is 0 Å². The van der Waals surface area contributed by atoms with Crippen LogP contribution >= 0.6 is 0 Å². The Bertz CT molecular complexity index is 1110. The quantitative estimate of drug-likeness (QED) is 0.664. The van der Waals surface area contributed by atoms with E-state index in [0.717, 1.165) is 6.07 Å². The Morgan fingerprint density at radius 3 is 2.24 bits per heavy atom. The fourth-order valence-electron chi connectivity index (χ4n) is 2.70. The Kier molecular flexibility index (Phi) is 5.63. The lowest BCUT2D eigenvalue weighted by Crippen LogP contribution is -2.28. The number of anilines is 1. The number of nitrogens with one attached hydrogen (secondary N) is 1. The van der Waals surface area contributed by atoms with Crippen molar-refractivity contribution in [1.82, 2.24) is 4.57 Å². The molecule has 0 aliphatic heterocycles. The summed E-state index contributed by atoms with van der Waals surface area (Å²) in [5.41, 5.74) is -0.940. The first-order chi connectivity index (χ1) is 13.8. The summed E-state index contributed by atoms with van der Waals surface area (Å²) in [6, 6.07) is 16.1. The molecular weight excluding hydrogens is 385 g/mol. The normalized spacial score (nSPS) is 11.1. The van der Waals surface area contributed by atoms with Crippen molar-refractivity contribution in [3.8, 4) is 0 Å². The summed E-state index contributed by atoms with van der Waals surface area (Å²) in [6.07, 6.45) is -4.05. The van der Waals surface area contributed by atoms with Crippen LogP contribution < -0.4 is 10.9 Å². The number of ketones is 1. The second-order valence-electron chi connectivity index (χ2n) is 6.17. The molecule has 0 atom stereocenters. The van der Waals surface area contributed by atoms with E-state index < -0.39 is 29.8 Å². The van der Waals surface area contributed by atoms with E-state index in [1.807, 2.05) is 0 Å². The molecule has 5 nitrogen and oxygen atoms in total. The predicted molar refractivity (Wildman–Crippen MR) is 101 cm³/mol. The Morgan fingerprint density at radius 2 is 1.55 bits per heavy atom. The lowest BCUT2D eigenvalue weighted by molar-refractivity contribution is -0.138. The van der Waals surface area contributed by atoms with Crippen LogP contribution in [0.2, 0.25) is 0 Å². The van der Waals surface area contributed by atoms with Gasteiger partial charge in [-0.15, -0.1) is 0 Å². The molecule has 3 rings (SSSR count). The number of alkyl halides is 3. The zero-order chi connectivity index (χ0) is 21.0. The molecule has 1 amide bonds. The molecule has 0 aliphatic carbocycles. The number of hydrogen-bond acceptors (Lipinski definition) is 3. The Labute approximate surface area is 163 Å². The van der Waals surface area contributed by atoms with Crippen molar-refractivity contribution in [2.24, 2.45) is 0 Å². The zero-order valence-corrected chi connectivity index (χ0v) is 14.9. The van der Waals surface area contributed by atoms with Gasteiger partial charge in [0.15, 0.2) is 5.78 Å². The molecule has 3 aromatic rings. The van der Waals surface area contributed by atoms with E-state index in [0.29, 0.717) is 22.4 Å². The highest BCUT2D eigenvalue weighted by atomic mass is 19.4. The second kappa shape index (κ2) is 8.14. The first-order valence-corrected chi connectivity index (χ1v) is 8.52.